The second-order valence-corrected chi connectivity index (χ2v) is 9.21. The first kappa shape index (κ1) is 24.6. The van der Waals surface area contributed by atoms with Crippen molar-refractivity contribution in [3.05, 3.63) is 101 Å². The van der Waals surface area contributed by atoms with E-state index < -0.39 is 6.29 Å². The average molecular weight is 489 g/mol. The summed E-state index contributed by atoms with van der Waals surface area (Å²) >= 11 is 0. The average Bonchev–Trinajstić information content (AvgIpc) is 2.94. The van der Waals surface area contributed by atoms with Crippen LogP contribution in [-0.2, 0) is 20.8 Å². The van der Waals surface area contributed by atoms with Gasteiger partial charge in [-0.15, -0.1) is 0 Å². The predicted octanol–water partition coefficient (Wildman–Crippen LogP) is 4.31. The molecule has 0 aliphatic carbocycles. The van der Waals surface area contributed by atoms with Gasteiger partial charge in [0, 0.05) is 42.9 Å². The van der Waals surface area contributed by atoms with Crippen LogP contribution in [0.5, 0.6) is 0 Å². The number of aliphatic hydroxyl groups excluding tert-OH is 1. The van der Waals surface area contributed by atoms with Crippen molar-refractivity contribution in [1.82, 2.24) is 4.90 Å². The molecule has 1 amide bonds. The first-order valence-corrected chi connectivity index (χ1v) is 12.4. The normalized spacial score (nSPS) is 22.8. The molecule has 0 saturated carbocycles. The van der Waals surface area contributed by atoms with E-state index in [1.165, 1.54) is 0 Å². The van der Waals surface area contributed by atoms with Crippen LogP contribution >= 0.6 is 0 Å². The van der Waals surface area contributed by atoms with Gasteiger partial charge >= 0.3 is 0 Å². The molecule has 188 valence electrons. The number of anilines is 1. The van der Waals surface area contributed by atoms with Gasteiger partial charge in [-0.05, 0) is 35.4 Å². The number of nitrogens with one attached hydrogen (secondary N) is 1. The minimum atomic E-state index is -0.569. The molecule has 2 heterocycles. The minimum Gasteiger partial charge on any atom is -0.392 e. The van der Waals surface area contributed by atoms with Gasteiger partial charge in [0.15, 0.2) is 6.29 Å². The fourth-order valence-electron chi connectivity index (χ4n) is 4.66. The monoisotopic (exact) mass is 488 g/mol. The number of ether oxygens (including phenoxy) is 3. The molecule has 3 aromatic rings. The van der Waals surface area contributed by atoms with Crippen molar-refractivity contribution in [3.8, 4) is 0 Å². The largest absolute Gasteiger partial charge is 0.392 e. The highest BCUT2D eigenvalue weighted by Crippen LogP contribution is 2.38. The highest BCUT2D eigenvalue weighted by molar-refractivity contribution is 6.04. The summed E-state index contributed by atoms with van der Waals surface area (Å²) in [5, 5.41) is 12.4. The first-order valence-electron chi connectivity index (χ1n) is 12.4. The molecule has 7 nitrogen and oxygen atoms in total. The number of aliphatic hydroxyl groups is 1. The quantitative estimate of drug-likeness (QED) is 0.516. The lowest BCUT2D eigenvalue weighted by atomic mass is 9.99. The Kier molecular flexibility index (Phi) is 8.05. The second-order valence-electron chi connectivity index (χ2n) is 9.21. The summed E-state index contributed by atoms with van der Waals surface area (Å²) in [5.74, 6) is -0.162. The molecule has 3 atom stereocenters. The molecule has 5 rings (SSSR count). The van der Waals surface area contributed by atoms with Gasteiger partial charge in [0.25, 0.3) is 5.91 Å². The smallest absolute Gasteiger partial charge is 0.255 e. The predicted molar refractivity (Wildman–Crippen MR) is 137 cm³/mol. The van der Waals surface area contributed by atoms with Gasteiger partial charge < -0.3 is 24.6 Å². The maximum Gasteiger partial charge on any atom is 0.255 e. The number of nitrogens with zero attached hydrogens (tertiary/aromatic N) is 1. The highest BCUT2D eigenvalue weighted by atomic mass is 16.7. The Morgan fingerprint density at radius 1 is 0.917 bits per heavy atom. The first-order chi connectivity index (χ1) is 17.7. The third kappa shape index (κ3) is 6.19. The molecular weight excluding hydrogens is 456 g/mol. The number of morpholine rings is 1. The Labute approximate surface area is 211 Å². The number of hydrogen-bond acceptors (Lipinski definition) is 6. The molecular formula is C29H32N2O5. The topological polar surface area (TPSA) is 80.3 Å². The molecule has 0 aromatic heterocycles. The third-order valence-electron chi connectivity index (χ3n) is 6.63. The molecule has 0 radical (unpaired) electrons. The SMILES string of the molecule is O=C(Nc1cccc([C@H]2O[C@@H](CN3CCOCC3)C[C@@H](c3ccc(CO)cc3)O2)c1)c1ccccc1. The standard InChI is InChI=1S/C29H32N2O5/c32-20-21-9-11-22(12-10-21)27-18-26(19-31-13-15-34-16-14-31)35-29(36-27)24-7-4-8-25(17-24)30-28(33)23-5-2-1-3-6-23/h1-12,17,26-27,29,32H,13-16,18-20H2,(H,30,33)/t26-,27+,29+/m1/s1. The van der Waals surface area contributed by atoms with E-state index in [0.717, 1.165) is 56.0 Å². The molecule has 2 aliphatic heterocycles. The van der Waals surface area contributed by atoms with Crippen LogP contribution in [0.15, 0.2) is 78.9 Å². The third-order valence-corrected chi connectivity index (χ3v) is 6.63. The van der Waals surface area contributed by atoms with Crippen molar-refractivity contribution in [1.29, 1.82) is 0 Å². The van der Waals surface area contributed by atoms with E-state index in [1.807, 2.05) is 66.7 Å². The zero-order valence-electron chi connectivity index (χ0n) is 20.2. The fraction of sp³-hybridized carbons (Fsp3) is 0.345. The van der Waals surface area contributed by atoms with Gasteiger partial charge in [0.1, 0.15) is 0 Å². The Balaban J connectivity index is 1.35. The Hall–Kier alpha value is -3.07. The van der Waals surface area contributed by atoms with Crippen molar-refractivity contribution in [2.24, 2.45) is 0 Å². The maximum absolute atomic E-state index is 12.7. The van der Waals surface area contributed by atoms with Crippen LogP contribution in [0, 0.1) is 0 Å². The van der Waals surface area contributed by atoms with Gasteiger partial charge in [0.2, 0.25) is 0 Å². The van der Waals surface area contributed by atoms with Crippen molar-refractivity contribution in [2.45, 2.75) is 31.5 Å². The van der Waals surface area contributed by atoms with Crippen molar-refractivity contribution < 1.29 is 24.1 Å². The van der Waals surface area contributed by atoms with Gasteiger partial charge in [-0.2, -0.15) is 0 Å². The lowest BCUT2D eigenvalue weighted by Gasteiger charge is -2.39. The van der Waals surface area contributed by atoms with Gasteiger partial charge in [-0.1, -0.05) is 54.6 Å². The molecule has 2 fully saturated rings. The van der Waals surface area contributed by atoms with E-state index in [0.29, 0.717) is 11.3 Å². The number of hydrogen-bond donors (Lipinski definition) is 2. The number of rotatable bonds is 7. The maximum atomic E-state index is 12.7. The van der Waals surface area contributed by atoms with Crippen LogP contribution in [0.4, 0.5) is 5.69 Å². The molecule has 36 heavy (non-hydrogen) atoms. The van der Waals surface area contributed by atoms with E-state index in [9.17, 15) is 9.90 Å². The molecule has 0 unspecified atom stereocenters. The van der Waals surface area contributed by atoms with Crippen LogP contribution in [0.3, 0.4) is 0 Å². The second kappa shape index (κ2) is 11.8. The number of amides is 1. The Morgan fingerprint density at radius 2 is 1.69 bits per heavy atom. The molecule has 2 saturated heterocycles. The van der Waals surface area contributed by atoms with Crippen LogP contribution < -0.4 is 5.32 Å². The summed E-state index contributed by atoms with van der Waals surface area (Å²) < 4.78 is 18.4. The number of benzene rings is 3. The van der Waals surface area contributed by atoms with Crippen molar-refractivity contribution in [3.63, 3.8) is 0 Å². The summed E-state index contributed by atoms with van der Waals surface area (Å²) in [6, 6.07) is 24.7. The van der Waals surface area contributed by atoms with E-state index in [-0.39, 0.29) is 24.7 Å². The fourth-order valence-corrected chi connectivity index (χ4v) is 4.66. The number of carbonyl (C=O) groups excluding carboxylic acids is 1. The summed E-state index contributed by atoms with van der Waals surface area (Å²) in [6.45, 7) is 4.08. The molecule has 2 N–H and O–H groups in total. The van der Waals surface area contributed by atoms with Crippen molar-refractivity contribution in [2.75, 3.05) is 38.2 Å². The van der Waals surface area contributed by atoms with Gasteiger partial charge in [-0.25, -0.2) is 0 Å². The zero-order valence-corrected chi connectivity index (χ0v) is 20.2. The van der Waals surface area contributed by atoms with E-state index in [4.69, 9.17) is 14.2 Å². The molecule has 3 aromatic carbocycles. The van der Waals surface area contributed by atoms with E-state index in [2.05, 4.69) is 10.2 Å². The van der Waals surface area contributed by atoms with Crippen molar-refractivity contribution >= 4 is 11.6 Å². The van der Waals surface area contributed by atoms with Gasteiger partial charge in [-0.3, -0.25) is 9.69 Å². The summed E-state index contributed by atoms with van der Waals surface area (Å²) in [5.41, 5.74) is 4.07. The van der Waals surface area contributed by atoms with Crippen LogP contribution in [-0.4, -0.2) is 54.9 Å². The Bertz CT molecular complexity index is 1130. The molecule has 7 heteroatoms. The molecule has 0 spiro atoms. The van der Waals surface area contributed by atoms with Crippen LogP contribution in [0.25, 0.3) is 0 Å². The summed E-state index contributed by atoms with van der Waals surface area (Å²) in [6.07, 6.45) is -0.00514. The molecule has 0 bridgehead atoms. The van der Waals surface area contributed by atoms with Crippen LogP contribution in [0.2, 0.25) is 0 Å². The lowest BCUT2D eigenvalue weighted by Crippen LogP contribution is -2.44. The summed E-state index contributed by atoms with van der Waals surface area (Å²) in [4.78, 5) is 15.0. The van der Waals surface area contributed by atoms with Crippen LogP contribution in [0.1, 0.15) is 45.9 Å². The summed E-state index contributed by atoms with van der Waals surface area (Å²) in [7, 11) is 0. The lowest BCUT2D eigenvalue weighted by molar-refractivity contribution is -0.253. The number of carbonyl (C=O) groups is 1. The van der Waals surface area contributed by atoms with E-state index in [1.54, 1.807) is 12.1 Å². The highest BCUT2D eigenvalue weighted by Gasteiger charge is 2.33. The van der Waals surface area contributed by atoms with E-state index >= 15 is 0 Å². The van der Waals surface area contributed by atoms with Gasteiger partial charge in [0.05, 0.1) is 32.0 Å². The zero-order chi connectivity index (χ0) is 24.7. The Morgan fingerprint density at radius 3 is 2.44 bits per heavy atom. The minimum absolute atomic E-state index is 0.0126. The molecule has 2 aliphatic rings.